The fourth-order valence-corrected chi connectivity index (χ4v) is 3.67. The zero-order valence-corrected chi connectivity index (χ0v) is 15.6. The van der Waals surface area contributed by atoms with Gasteiger partial charge in [-0.2, -0.15) is 0 Å². The molecule has 0 radical (unpaired) electrons. The van der Waals surface area contributed by atoms with Crippen LogP contribution in [0.15, 0.2) is 83.6 Å². The van der Waals surface area contributed by atoms with Crippen molar-refractivity contribution in [3.8, 4) is 0 Å². The minimum absolute atomic E-state index is 0.0974. The van der Waals surface area contributed by atoms with Crippen LogP contribution in [0, 0.1) is 0 Å². The molecular weight excluding hydrogens is 364 g/mol. The molecule has 0 amide bonds. The lowest BCUT2D eigenvalue weighted by molar-refractivity contribution is -0.129. The largest absolute Gasteiger partial charge is 0.402 e. The van der Waals surface area contributed by atoms with Gasteiger partial charge in [0.1, 0.15) is 0 Å². The number of rotatable bonds is 2. The summed E-state index contributed by atoms with van der Waals surface area (Å²) in [6, 6.07) is 21.2. The number of hydrogen-bond donors (Lipinski definition) is 0. The van der Waals surface area contributed by atoms with Crippen molar-refractivity contribution in [3.63, 3.8) is 0 Å². The average Bonchev–Trinajstić information content (AvgIpc) is 3.29. The van der Waals surface area contributed by atoms with Crippen LogP contribution >= 0.6 is 0 Å². The van der Waals surface area contributed by atoms with Gasteiger partial charge in [-0.15, -0.1) is 0 Å². The van der Waals surface area contributed by atoms with E-state index in [2.05, 4.69) is 4.99 Å². The van der Waals surface area contributed by atoms with Crippen LogP contribution < -0.4 is 0 Å². The molecule has 4 aromatic rings. The Morgan fingerprint density at radius 2 is 1.69 bits per heavy atom. The third kappa shape index (κ3) is 2.84. The molecule has 0 fully saturated rings. The van der Waals surface area contributed by atoms with Crippen LogP contribution in [0.5, 0.6) is 0 Å². The maximum absolute atomic E-state index is 12.5. The maximum atomic E-state index is 12.5. The Balaban J connectivity index is 1.63. The minimum atomic E-state index is -0.507. The molecule has 0 unspecified atom stereocenters. The van der Waals surface area contributed by atoms with Crippen LogP contribution in [0.4, 0.5) is 0 Å². The Morgan fingerprint density at radius 1 is 0.966 bits per heavy atom. The fourth-order valence-electron chi connectivity index (χ4n) is 3.67. The number of carbonyl (C=O) groups excluding carboxylic acids is 2. The van der Waals surface area contributed by atoms with E-state index in [-0.39, 0.29) is 17.5 Å². The highest BCUT2D eigenvalue weighted by Crippen LogP contribution is 2.28. The Morgan fingerprint density at radius 3 is 2.52 bits per heavy atom. The van der Waals surface area contributed by atoms with E-state index in [0.717, 1.165) is 32.8 Å². The summed E-state index contributed by atoms with van der Waals surface area (Å²) in [5, 5.41) is 2.89. The van der Waals surface area contributed by atoms with E-state index < -0.39 is 5.97 Å². The second-order valence-corrected chi connectivity index (χ2v) is 6.85. The van der Waals surface area contributed by atoms with Crippen LogP contribution in [0.2, 0.25) is 0 Å². The molecule has 5 rings (SSSR count). The molecule has 1 aromatic heterocycles. The second-order valence-electron chi connectivity index (χ2n) is 6.85. The summed E-state index contributed by atoms with van der Waals surface area (Å²) in [6.07, 6.45) is 3.39. The van der Waals surface area contributed by atoms with E-state index in [4.69, 9.17) is 4.74 Å². The zero-order chi connectivity index (χ0) is 20.0. The van der Waals surface area contributed by atoms with Crippen LogP contribution in [-0.2, 0) is 9.53 Å². The molecule has 2 heterocycles. The van der Waals surface area contributed by atoms with E-state index >= 15 is 0 Å². The van der Waals surface area contributed by atoms with E-state index in [9.17, 15) is 9.59 Å². The molecule has 1 aliphatic rings. The zero-order valence-electron chi connectivity index (χ0n) is 15.6. The third-order valence-electron chi connectivity index (χ3n) is 5.01. The number of benzene rings is 3. The van der Waals surface area contributed by atoms with Crippen molar-refractivity contribution >= 4 is 45.5 Å². The van der Waals surface area contributed by atoms with Crippen molar-refractivity contribution in [3.05, 3.63) is 89.8 Å². The van der Waals surface area contributed by atoms with Gasteiger partial charge in [0, 0.05) is 29.6 Å². The minimum Gasteiger partial charge on any atom is -0.402 e. The normalized spacial score (nSPS) is 15.1. The molecule has 140 valence electrons. The van der Waals surface area contributed by atoms with Gasteiger partial charge < -0.3 is 4.74 Å². The van der Waals surface area contributed by atoms with E-state index in [1.54, 1.807) is 16.8 Å². The summed E-state index contributed by atoms with van der Waals surface area (Å²) >= 11 is 0. The number of nitrogens with zero attached hydrogens (tertiary/aromatic N) is 2. The summed E-state index contributed by atoms with van der Waals surface area (Å²) in [6.45, 7) is 1.50. The van der Waals surface area contributed by atoms with Crippen LogP contribution in [0.1, 0.15) is 22.8 Å². The van der Waals surface area contributed by atoms with Crippen molar-refractivity contribution in [2.45, 2.75) is 6.92 Å². The highest BCUT2D eigenvalue weighted by Gasteiger charge is 2.26. The molecule has 0 aliphatic carbocycles. The highest BCUT2D eigenvalue weighted by molar-refractivity contribution is 6.17. The molecule has 1 aliphatic heterocycles. The molecule has 0 atom stereocenters. The summed E-state index contributed by atoms with van der Waals surface area (Å²) in [5.74, 6) is -0.319. The van der Waals surface area contributed by atoms with Crippen LogP contribution in [0.3, 0.4) is 0 Å². The number of esters is 1. The Hall–Kier alpha value is -3.99. The Labute approximate surface area is 166 Å². The molecule has 5 heteroatoms. The van der Waals surface area contributed by atoms with Gasteiger partial charge in [0.25, 0.3) is 0 Å². The molecule has 0 bridgehead atoms. The highest BCUT2D eigenvalue weighted by atomic mass is 16.6. The SMILES string of the molecule is CC(=O)n1cc(/C=C2/N=C(c3cccc4ccccc34)OC2=O)c2ccccc21. The molecule has 0 saturated carbocycles. The molecular formula is C24H16N2O3. The number of ether oxygens (including phenoxy) is 1. The maximum Gasteiger partial charge on any atom is 0.363 e. The number of carbonyl (C=O) groups is 2. The number of aromatic nitrogens is 1. The summed E-state index contributed by atoms with van der Waals surface area (Å²) in [5.41, 5.74) is 2.51. The first kappa shape index (κ1) is 17.1. The fraction of sp³-hybridized carbons (Fsp3) is 0.0417. The van der Waals surface area contributed by atoms with Crippen LogP contribution in [0.25, 0.3) is 27.8 Å². The molecule has 0 saturated heterocycles. The van der Waals surface area contributed by atoms with Gasteiger partial charge in [0.15, 0.2) is 5.70 Å². The van der Waals surface area contributed by atoms with E-state index in [1.165, 1.54) is 6.92 Å². The Bertz CT molecular complexity index is 1370. The van der Waals surface area contributed by atoms with E-state index in [1.807, 2.05) is 66.7 Å². The average molecular weight is 380 g/mol. The second kappa shape index (κ2) is 6.56. The lowest BCUT2D eigenvalue weighted by Crippen LogP contribution is -2.05. The monoisotopic (exact) mass is 380 g/mol. The van der Waals surface area contributed by atoms with Crippen molar-refractivity contribution in [1.82, 2.24) is 4.57 Å². The number of aliphatic imine (C=N–C) groups is 1. The molecule has 5 nitrogen and oxygen atoms in total. The van der Waals surface area contributed by atoms with Gasteiger partial charge in [0.2, 0.25) is 11.8 Å². The van der Waals surface area contributed by atoms with Gasteiger partial charge in [-0.1, -0.05) is 54.6 Å². The lowest BCUT2D eigenvalue weighted by Gasteiger charge is -2.04. The van der Waals surface area contributed by atoms with Gasteiger partial charge in [0.05, 0.1) is 5.52 Å². The number of hydrogen-bond acceptors (Lipinski definition) is 4. The van der Waals surface area contributed by atoms with Crippen molar-refractivity contribution in [1.29, 1.82) is 0 Å². The van der Waals surface area contributed by atoms with E-state index in [0.29, 0.717) is 0 Å². The first-order valence-corrected chi connectivity index (χ1v) is 9.23. The number of para-hydroxylation sites is 1. The van der Waals surface area contributed by atoms with Crippen LogP contribution in [-0.4, -0.2) is 22.3 Å². The first-order valence-electron chi connectivity index (χ1n) is 9.23. The third-order valence-corrected chi connectivity index (χ3v) is 5.01. The smallest absolute Gasteiger partial charge is 0.363 e. The standard InChI is InChI=1S/C24H16N2O3/c1-15(27)26-14-17(19-10-4-5-12-22(19)26)13-21-24(28)29-23(25-21)20-11-6-8-16-7-2-3-9-18(16)20/h2-14H,1H3/b21-13+. The summed E-state index contributed by atoms with van der Waals surface area (Å²) in [4.78, 5) is 28.9. The summed E-state index contributed by atoms with van der Waals surface area (Å²) in [7, 11) is 0. The quantitative estimate of drug-likeness (QED) is 0.371. The topological polar surface area (TPSA) is 60.7 Å². The number of fused-ring (bicyclic) bond motifs is 2. The van der Waals surface area contributed by atoms with Crippen molar-refractivity contribution < 1.29 is 14.3 Å². The summed E-state index contributed by atoms with van der Waals surface area (Å²) < 4.78 is 7.04. The predicted molar refractivity (Wildman–Crippen MR) is 113 cm³/mol. The Kier molecular flexibility index (Phi) is 3.88. The molecule has 3 aromatic carbocycles. The van der Waals surface area contributed by atoms with Crippen molar-refractivity contribution in [2.24, 2.45) is 4.99 Å². The van der Waals surface area contributed by atoms with Crippen molar-refractivity contribution in [2.75, 3.05) is 0 Å². The lowest BCUT2D eigenvalue weighted by atomic mass is 10.0. The van der Waals surface area contributed by atoms with Gasteiger partial charge in [-0.25, -0.2) is 9.79 Å². The first-order chi connectivity index (χ1) is 14.1. The van der Waals surface area contributed by atoms with Gasteiger partial charge in [-0.3, -0.25) is 9.36 Å². The predicted octanol–water partition coefficient (Wildman–Crippen LogP) is 4.80. The van der Waals surface area contributed by atoms with Gasteiger partial charge >= 0.3 is 5.97 Å². The van der Waals surface area contributed by atoms with Gasteiger partial charge in [-0.05, 0) is 29.0 Å². The molecule has 0 N–H and O–H groups in total. The number of cyclic esters (lactones) is 1. The molecule has 0 spiro atoms. The molecule has 29 heavy (non-hydrogen) atoms.